The maximum Gasteiger partial charge on any atom is 0.200 e. The Kier molecular flexibility index (Phi) is 14.9. The van der Waals surface area contributed by atoms with Gasteiger partial charge in [-0.2, -0.15) is 0 Å². The Morgan fingerprint density at radius 1 is 0.683 bits per heavy atom. The van der Waals surface area contributed by atoms with Crippen LogP contribution >= 0.6 is 15.9 Å². The van der Waals surface area contributed by atoms with Crippen LogP contribution in [-0.4, -0.2) is 67.8 Å². The van der Waals surface area contributed by atoms with E-state index in [1.54, 1.807) is 37.4 Å². The van der Waals surface area contributed by atoms with Crippen molar-refractivity contribution >= 4 is 24.2 Å². The molecular formula is C30H47BrO9Si. The maximum absolute atomic E-state index is 11.8. The number of methoxy groups -OCH3 is 3. The lowest BCUT2D eigenvalue weighted by Crippen LogP contribution is -2.50. The first-order valence-corrected chi connectivity index (χ1v) is 16.7. The first-order valence-electron chi connectivity index (χ1n) is 13.8. The van der Waals surface area contributed by atoms with E-state index in [4.69, 9.17) is 37.6 Å². The molecule has 0 aliphatic carbocycles. The van der Waals surface area contributed by atoms with Gasteiger partial charge in [0.05, 0.1) is 6.61 Å². The predicted molar refractivity (Wildman–Crippen MR) is 164 cm³/mol. The highest BCUT2D eigenvalue weighted by Crippen LogP contribution is 2.43. The molecule has 2 aromatic carbocycles. The molecule has 0 bridgehead atoms. The third kappa shape index (κ3) is 9.57. The van der Waals surface area contributed by atoms with Crippen molar-refractivity contribution < 1.29 is 42.7 Å². The van der Waals surface area contributed by atoms with Crippen molar-refractivity contribution in [2.75, 3.05) is 48.3 Å². The summed E-state index contributed by atoms with van der Waals surface area (Å²) in [6.07, 6.45) is -1.85. The number of aliphatic hydroxyl groups excluding tert-OH is 1. The lowest BCUT2D eigenvalue weighted by Gasteiger charge is -2.43. The van der Waals surface area contributed by atoms with Crippen LogP contribution in [0.5, 0.6) is 23.0 Å². The molecule has 0 aliphatic heterocycles. The number of hydrogen-bond acceptors (Lipinski definition) is 9. The predicted octanol–water partition coefficient (Wildman–Crippen LogP) is 7.07. The summed E-state index contributed by atoms with van der Waals surface area (Å²) < 4.78 is 46.6. The Morgan fingerprint density at radius 2 is 1.17 bits per heavy atom. The smallest absolute Gasteiger partial charge is 0.200 e. The van der Waals surface area contributed by atoms with E-state index >= 15 is 0 Å². The monoisotopic (exact) mass is 658 g/mol. The number of hydrogen-bond donors (Lipinski definition) is 1. The van der Waals surface area contributed by atoms with Crippen molar-refractivity contribution in [1.82, 2.24) is 0 Å². The average molecular weight is 660 g/mol. The van der Waals surface area contributed by atoms with Gasteiger partial charge >= 0.3 is 0 Å². The minimum atomic E-state index is -2.28. The summed E-state index contributed by atoms with van der Waals surface area (Å²) in [6, 6.07) is 10.7. The number of aliphatic hydroxyl groups is 1. The lowest BCUT2D eigenvalue weighted by molar-refractivity contribution is -0.00252. The van der Waals surface area contributed by atoms with Crippen LogP contribution in [0.1, 0.15) is 53.2 Å². The molecular weight excluding hydrogens is 612 g/mol. The summed E-state index contributed by atoms with van der Waals surface area (Å²) in [7, 11) is 2.35. The Bertz CT molecular complexity index is 1030. The molecule has 0 radical (unpaired) electrons. The topological polar surface area (TPSA) is 94.1 Å². The van der Waals surface area contributed by atoms with E-state index in [2.05, 4.69) is 57.5 Å². The summed E-state index contributed by atoms with van der Waals surface area (Å²) in [6.45, 7) is 13.6. The first-order chi connectivity index (χ1) is 19.5. The highest BCUT2D eigenvalue weighted by molar-refractivity contribution is 9.10. The second-order valence-corrected chi connectivity index (χ2v) is 17.1. The van der Waals surface area contributed by atoms with Crippen molar-refractivity contribution in [3.05, 3.63) is 46.4 Å². The van der Waals surface area contributed by atoms with Gasteiger partial charge in [-0.1, -0.05) is 63.5 Å². The zero-order valence-electron chi connectivity index (χ0n) is 25.8. The fraction of sp³-hybridized carbons (Fsp3) is 0.600. The first kappa shape index (κ1) is 35.3. The van der Waals surface area contributed by atoms with Gasteiger partial charge in [0.15, 0.2) is 49.5 Å². The number of rotatable bonds is 19. The molecule has 11 heteroatoms. The number of halogens is 1. The molecule has 0 spiro atoms. The van der Waals surface area contributed by atoms with Gasteiger partial charge in [-0.25, -0.2) is 0 Å². The Balaban J connectivity index is 2.52. The molecule has 0 fully saturated rings. The minimum absolute atomic E-state index is 0.0102. The standard InChI is InChI=1S/C30H47BrO9Si/c1-20(2)41(21(3)4,22(5)6)39-16-29(40-26-13-11-24(31)15-28(26)38-19-35-9)30(32)23-10-12-25(36-17-33-7)27(14-23)37-18-34-8/h10-15,20-22,29-30,32H,16-19H2,1-9H3/t29-,30+/m0/s1. The molecule has 0 amide bonds. The van der Waals surface area contributed by atoms with Crippen LogP contribution in [0.15, 0.2) is 40.9 Å². The molecule has 0 aliphatic rings. The van der Waals surface area contributed by atoms with E-state index in [1.807, 2.05) is 6.07 Å². The second kappa shape index (κ2) is 17.3. The van der Waals surface area contributed by atoms with Gasteiger partial charge in [0.25, 0.3) is 0 Å². The van der Waals surface area contributed by atoms with Gasteiger partial charge in [-0.05, 0) is 52.5 Å². The molecule has 2 atom stereocenters. The van der Waals surface area contributed by atoms with Crippen molar-refractivity contribution in [1.29, 1.82) is 0 Å². The molecule has 9 nitrogen and oxygen atoms in total. The van der Waals surface area contributed by atoms with Crippen molar-refractivity contribution in [3.63, 3.8) is 0 Å². The third-order valence-electron chi connectivity index (χ3n) is 7.05. The van der Waals surface area contributed by atoms with Crippen LogP contribution in [0.2, 0.25) is 16.6 Å². The zero-order chi connectivity index (χ0) is 30.6. The largest absolute Gasteiger partial charge is 0.481 e. The fourth-order valence-electron chi connectivity index (χ4n) is 5.29. The maximum atomic E-state index is 11.8. The van der Waals surface area contributed by atoms with Gasteiger partial charge in [-0.15, -0.1) is 0 Å². The zero-order valence-corrected chi connectivity index (χ0v) is 28.4. The molecule has 0 heterocycles. The molecule has 0 aromatic heterocycles. The van der Waals surface area contributed by atoms with Gasteiger partial charge in [0, 0.05) is 25.8 Å². The van der Waals surface area contributed by atoms with Gasteiger partial charge in [0.2, 0.25) is 8.32 Å². The average Bonchev–Trinajstić information content (AvgIpc) is 2.93. The summed E-state index contributed by atoms with van der Waals surface area (Å²) in [4.78, 5) is 0. The Morgan fingerprint density at radius 3 is 1.68 bits per heavy atom. The Hall–Kier alpha value is -1.86. The molecule has 0 unspecified atom stereocenters. The van der Waals surface area contributed by atoms with Crippen LogP contribution < -0.4 is 18.9 Å². The lowest BCUT2D eigenvalue weighted by atomic mass is 10.0. The van der Waals surface area contributed by atoms with Crippen LogP contribution in [-0.2, 0) is 18.6 Å². The van der Waals surface area contributed by atoms with Crippen LogP contribution in [0, 0.1) is 0 Å². The summed E-state index contributed by atoms with van der Waals surface area (Å²) in [5, 5.41) is 11.8. The molecule has 0 saturated carbocycles. The third-order valence-corrected chi connectivity index (χ3v) is 13.6. The second-order valence-electron chi connectivity index (χ2n) is 10.7. The molecule has 2 rings (SSSR count). The van der Waals surface area contributed by atoms with E-state index < -0.39 is 20.5 Å². The van der Waals surface area contributed by atoms with Crippen LogP contribution in [0.3, 0.4) is 0 Å². The van der Waals surface area contributed by atoms with E-state index in [-0.39, 0.29) is 27.0 Å². The molecule has 232 valence electrons. The normalized spacial score (nSPS) is 13.5. The van der Waals surface area contributed by atoms with E-state index in [9.17, 15) is 5.11 Å². The van der Waals surface area contributed by atoms with Crippen LogP contribution in [0.25, 0.3) is 0 Å². The summed E-state index contributed by atoms with van der Waals surface area (Å²) in [5.41, 5.74) is 1.65. The number of benzene rings is 2. The minimum Gasteiger partial charge on any atom is -0.481 e. The van der Waals surface area contributed by atoms with Crippen LogP contribution in [0.4, 0.5) is 0 Å². The Labute approximate surface area is 254 Å². The van der Waals surface area contributed by atoms with Gasteiger partial charge < -0.3 is 42.7 Å². The van der Waals surface area contributed by atoms with Gasteiger partial charge in [0.1, 0.15) is 6.10 Å². The molecule has 0 saturated heterocycles. The summed E-state index contributed by atoms with van der Waals surface area (Å²) in [5.74, 6) is 1.80. The molecule has 2 aromatic rings. The van der Waals surface area contributed by atoms with Crippen molar-refractivity contribution in [2.45, 2.75) is 70.4 Å². The van der Waals surface area contributed by atoms with Gasteiger partial charge in [-0.3, -0.25) is 0 Å². The fourth-order valence-corrected chi connectivity index (χ4v) is 11.1. The van der Waals surface area contributed by atoms with E-state index in [0.29, 0.717) is 45.2 Å². The highest BCUT2D eigenvalue weighted by atomic mass is 79.9. The van der Waals surface area contributed by atoms with Crippen molar-refractivity contribution in [2.24, 2.45) is 0 Å². The number of ether oxygens (including phenoxy) is 7. The van der Waals surface area contributed by atoms with E-state index in [1.165, 1.54) is 14.2 Å². The highest BCUT2D eigenvalue weighted by Gasteiger charge is 2.46. The van der Waals surface area contributed by atoms with Crippen molar-refractivity contribution in [3.8, 4) is 23.0 Å². The SMILES string of the molecule is COCOc1ccc([C@@H](O)[C@H](CO[Si](C(C)C)(C(C)C)C(C)C)Oc2ccc(Br)cc2OCOC)cc1OCOC. The molecule has 41 heavy (non-hydrogen) atoms. The quantitative estimate of drug-likeness (QED) is 0.126. The molecule has 1 N–H and O–H groups in total. The summed E-state index contributed by atoms with van der Waals surface area (Å²) >= 11 is 3.49. The van der Waals surface area contributed by atoms with E-state index in [0.717, 1.165) is 4.47 Å².